The van der Waals surface area contributed by atoms with Gasteiger partial charge in [-0.15, -0.1) is 0 Å². The Labute approximate surface area is 116 Å². The maximum Gasteiger partial charge on any atom is 0.338 e. The molecule has 0 aliphatic rings. The second-order valence-corrected chi connectivity index (χ2v) is 6.65. The summed E-state index contributed by atoms with van der Waals surface area (Å²) in [5.74, 6) is 0. The summed E-state index contributed by atoms with van der Waals surface area (Å²) in [6.07, 6.45) is 0.619. The summed E-state index contributed by atoms with van der Waals surface area (Å²) in [4.78, 5) is 0. The van der Waals surface area contributed by atoms with Crippen molar-refractivity contribution >= 4 is 7.60 Å². The molecule has 0 heterocycles. The minimum atomic E-state index is -3.15. The third-order valence-corrected chi connectivity index (χ3v) is 5.46. The molecule has 3 nitrogen and oxygen atoms in total. The zero-order valence-electron chi connectivity index (χ0n) is 12.0. The fraction of sp³-hybridized carbons (Fsp3) is 0.467. The Balaban J connectivity index is 2.98. The van der Waals surface area contributed by atoms with Crippen LogP contribution in [0.5, 0.6) is 0 Å². The van der Waals surface area contributed by atoms with Gasteiger partial charge >= 0.3 is 7.60 Å². The highest BCUT2D eigenvalue weighted by molar-refractivity contribution is 7.55. The van der Waals surface area contributed by atoms with Gasteiger partial charge in [0.2, 0.25) is 0 Å². The van der Waals surface area contributed by atoms with Crippen LogP contribution >= 0.6 is 7.60 Å². The van der Waals surface area contributed by atoms with E-state index in [-0.39, 0.29) is 5.66 Å². The highest BCUT2D eigenvalue weighted by atomic mass is 31.2. The van der Waals surface area contributed by atoms with Crippen LogP contribution in [0.15, 0.2) is 42.5 Å². The first-order chi connectivity index (χ1) is 9.03. The molecular formula is C15H23O3P. The maximum absolute atomic E-state index is 12.9. The first kappa shape index (κ1) is 16.2. The van der Waals surface area contributed by atoms with Crippen LogP contribution in [0.4, 0.5) is 0 Å². The molecule has 0 spiro atoms. The van der Waals surface area contributed by atoms with Crippen molar-refractivity contribution in [1.29, 1.82) is 0 Å². The molecule has 0 fully saturated rings. The predicted molar refractivity (Wildman–Crippen MR) is 79.6 cm³/mol. The van der Waals surface area contributed by atoms with Gasteiger partial charge in [-0.25, -0.2) is 0 Å². The lowest BCUT2D eigenvalue weighted by atomic mass is 10.1. The van der Waals surface area contributed by atoms with E-state index in [1.165, 1.54) is 0 Å². The van der Waals surface area contributed by atoms with Crippen LogP contribution in [0.2, 0.25) is 0 Å². The molecule has 0 amide bonds. The molecule has 1 rings (SSSR count). The van der Waals surface area contributed by atoms with Crippen molar-refractivity contribution in [2.24, 2.45) is 0 Å². The molecule has 0 bridgehead atoms. The van der Waals surface area contributed by atoms with Crippen LogP contribution in [0.3, 0.4) is 0 Å². The lowest BCUT2D eigenvalue weighted by Crippen LogP contribution is -2.17. The Bertz CT molecular complexity index is 432. The Morgan fingerprint density at radius 2 is 1.74 bits per heavy atom. The highest BCUT2D eigenvalue weighted by Gasteiger charge is 2.35. The van der Waals surface area contributed by atoms with Gasteiger partial charge in [0.15, 0.2) is 0 Å². The van der Waals surface area contributed by atoms with Crippen molar-refractivity contribution in [3.63, 3.8) is 0 Å². The lowest BCUT2D eigenvalue weighted by Gasteiger charge is -2.26. The molecule has 1 unspecified atom stereocenters. The summed E-state index contributed by atoms with van der Waals surface area (Å²) in [5.41, 5.74) is 1.64. The Hall–Kier alpha value is -0.890. The first-order valence-corrected chi connectivity index (χ1v) is 8.22. The number of hydrogen-bond acceptors (Lipinski definition) is 3. The summed E-state index contributed by atoms with van der Waals surface area (Å²) in [7, 11) is -3.15. The van der Waals surface area contributed by atoms with Crippen LogP contribution in [-0.2, 0) is 20.0 Å². The molecule has 1 aromatic rings. The van der Waals surface area contributed by atoms with E-state index in [2.05, 4.69) is 6.58 Å². The summed E-state index contributed by atoms with van der Waals surface area (Å²) >= 11 is 0. The van der Waals surface area contributed by atoms with Crippen molar-refractivity contribution < 1.29 is 13.6 Å². The zero-order valence-corrected chi connectivity index (χ0v) is 12.9. The van der Waals surface area contributed by atoms with Gasteiger partial charge < -0.3 is 9.05 Å². The normalized spacial score (nSPS) is 13.2. The summed E-state index contributed by atoms with van der Waals surface area (Å²) < 4.78 is 23.7. The Morgan fingerprint density at radius 1 is 1.21 bits per heavy atom. The molecule has 1 atom stereocenters. The van der Waals surface area contributed by atoms with Gasteiger partial charge in [-0.1, -0.05) is 42.5 Å². The molecule has 4 heteroatoms. The average Bonchev–Trinajstić information content (AvgIpc) is 2.37. The zero-order chi connectivity index (χ0) is 14.3. The van der Waals surface area contributed by atoms with Crippen LogP contribution in [0.1, 0.15) is 26.3 Å². The van der Waals surface area contributed by atoms with Crippen molar-refractivity contribution in [3.05, 3.63) is 48.0 Å². The standard InChI is InChI=1S/C15H23O3P/c1-5-17-19(16,18-6-2)15(13(3)4)12-14-10-8-7-9-11-14/h7-11,15H,3,5-6,12H2,1-2,4H3. The highest BCUT2D eigenvalue weighted by Crippen LogP contribution is 2.56. The largest absolute Gasteiger partial charge is 0.338 e. The molecule has 0 aliphatic heterocycles. The lowest BCUT2D eigenvalue weighted by molar-refractivity contribution is 0.214. The summed E-state index contributed by atoms with van der Waals surface area (Å²) in [6.45, 7) is 10.2. The second-order valence-electron chi connectivity index (χ2n) is 4.43. The van der Waals surface area contributed by atoms with Crippen molar-refractivity contribution in [3.8, 4) is 0 Å². The monoisotopic (exact) mass is 282 g/mol. The fourth-order valence-corrected chi connectivity index (χ4v) is 4.10. The third-order valence-electron chi connectivity index (χ3n) is 2.84. The van der Waals surface area contributed by atoms with Gasteiger partial charge in [-0.05, 0) is 32.8 Å². The van der Waals surface area contributed by atoms with Gasteiger partial charge in [0.05, 0.1) is 18.9 Å². The maximum atomic E-state index is 12.9. The van der Waals surface area contributed by atoms with E-state index in [0.29, 0.717) is 19.6 Å². The molecule has 106 valence electrons. The van der Waals surface area contributed by atoms with Gasteiger partial charge in [-0.3, -0.25) is 4.57 Å². The van der Waals surface area contributed by atoms with Crippen LogP contribution < -0.4 is 0 Å². The van der Waals surface area contributed by atoms with Crippen molar-refractivity contribution in [1.82, 2.24) is 0 Å². The van der Waals surface area contributed by atoms with Gasteiger partial charge in [0.25, 0.3) is 0 Å². The smallest absolute Gasteiger partial charge is 0.308 e. The van der Waals surface area contributed by atoms with Crippen LogP contribution in [-0.4, -0.2) is 18.9 Å². The van der Waals surface area contributed by atoms with E-state index in [0.717, 1.165) is 11.1 Å². The third kappa shape index (κ3) is 4.61. The summed E-state index contributed by atoms with van der Waals surface area (Å²) in [6, 6.07) is 9.93. The molecule has 0 aliphatic carbocycles. The minimum Gasteiger partial charge on any atom is -0.308 e. The van der Waals surface area contributed by atoms with E-state index in [1.807, 2.05) is 51.1 Å². The van der Waals surface area contributed by atoms with E-state index in [9.17, 15) is 4.57 Å². The minimum absolute atomic E-state index is 0.296. The van der Waals surface area contributed by atoms with E-state index in [1.54, 1.807) is 0 Å². The fourth-order valence-electron chi connectivity index (χ4n) is 1.97. The van der Waals surface area contributed by atoms with Crippen LogP contribution in [0, 0.1) is 0 Å². The number of benzene rings is 1. The van der Waals surface area contributed by atoms with Gasteiger partial charge in [0.1, 0.15) is 0 Å². The van der Waals surface area contributed by atoms with E-state index < -0.39 is 7.60 Å². The van der Waals surface area contributed by atoms with E-state index >= 15 is 0 Å². The predicted octanol–water partition coefficient (Wildman–Crippen LogP) is 4.44. The molecule has 19 heavy (non-hydrogen) atoms. The van der Waals surface area contributed by atoms with E-state index in [4.69, 9.17) is 9.05 Å². The molecule has 0 saturated heterocycles. The second kappa shape index (κ2) is 7.64. The molecule has 0 radical (unpaired) electrons. The topological polar surface area (TPSA) is 35.5 Å². The SMILES string of the molecule is C=C(C)C(Cc1ccccc1)P(=O)(OCC)OCC. The number of hydrogen-bond donors (Lipinski definition) is 0. The van der Waals surface area contributed by atoms with Gasteiger partial charge in [-0.2, -0.15) is 0 Å². The Kier molecular flexibility index (Phi) is 6.50. The first-order valence-electron chi connectivity index (χ1n) is 6.61. The average molecular weight is 282 g/mol. The molecule has 0 aromatic heterocycles. The van der Waals surface area contributed by atoms with Crippen molar-refractivity contribution in [2.45, 2.75) is 32.9 Å². The Morgan fingerprint density at radius 3 is 2.16 bits per heavy atom. The molecule has 0 N–H and O–H groups in total. The summed E-state index contributed by atoms with van der Waals surface area (Å²) in [5, 5.41) is 0. The molecular weight excluding hydrogens is 259 g/mol. The van der Waals surface area contributed by atoms with Crippen LogP contribution in [0.25, 0.3) is 0 Å². The van der Waals surface area contributed by atoms with Crippen molar-refractivity contribution in [2.75, 3.05) is 13.2 Å². The quantitative estimate of drug-likeness (QED) is 0.522. The number of rotatable bonds is 8. The number of allylic oxidation sites excluding steroid dienone is 1. The molecule has 1 aromatic carbocycles. The molecule has 0 saturated carbocycles. The van der Waals surface area contributed by atoms with Gasteiger partial charge in [0, 0.05) is 0 Å².